The van der Waals surface area contributed by atoms with Crippen LogP contribution >= 0.6 is 0 Å². The van der Waals surface area contributed by atoms with E-state index in [4.69, 9.17) is 4.74 Å². The van der Waals surface area contributed by atoms with Crippen molar-refractivity contribution in [2.24, 2.45) is 16.7 Å². The number of aryl methyl sites for hydroxylation is 1. The quantitative estimate of drug-likeness (QED) is 0.829. The normalized spacial score (nSPS) is 26.1. The van der Waals surface area contributed by atoms with Crippen LogP contribution in [0.25, 0.3) is 10.8 Å². The summed E-state index contributed by atoms with van der Waals surface area (Å²) in [5, 5.41) is 5.83. The van der Waals surface area contributed by atoms with Crippen LogP contribution in [-0.2, 0) is 16.1 Å². The van der Waals surface area contributed by atoms with Gasteiger partial charge in [0.15, 0.2) is 0 Å². The van der Waals surface area contributed by atoms with E-state index in [1.165, 1.54) is 4.68 Å². The Morgan fingerprint density at radius 1 is 1.30 bits per heavy atom. The van der Waals surface area contributed by atoms with E-state index in [2.05, 4.69) is 18.9 Å². The summed E-state index contributed by atoms with van der Waals surface area (Å²) in [6.45, 7) is 8.50. The Labute approximate surface area is 159 Å². The molecule has 2 atom stereocenters. The molecule has 0 N–H and O–H groups in total. The molecule has 2 aliphatic rings. The highest BCUT2D eigenvalue weighted by Gasteiger charge is 2.63. The van der Waals surface area contributed by atoms with Gasteiger partial charge in [-0.1, -0.05) is 32.0 Å². The van der Waals surface area contributed by atoms with Gasteiger partial charge in [0.2, 0.25) is 5.91 Å². The molecular weight excluding hydrogens is 342 g/mol. The molecule has 1 aliphatic carbocycles. The zero-order valence-corrected chi connectivity index (χ0v) is 16.5. The van der Waals surface area contributed by atoms with Gasteiger partial charge in [-0.25, -0.2) is 4.68 Å². The number of hydrogen-bond donors (Lipinski definition) is 0. The topological polar surface area (TPSA) is 64.4 Å². The number of amides is 1. The molecule has 27 heavy (non-hydrogen) atoms. The third-order valence-electron chi connectivity index (χ3n) is 6.52. The third-order valence-corrected chi connectivity index (χ3v) is 6.52. The van der Waals surface area contributed by atoms with E-state index in [0.29, 0.717) is 24.5 Å². The van der Waals surface area contributed by atoms with Gasteiger partial charge in [0.05, 0.1) is 17.7 Å². The summed E-state index contributed by atoms with van der Waals surface area (Å²) in [7, 11) is 1.73. The molecule has 2 fully saturated rings. The number of hydrogen-bond acceptors (Lipinski definition) is 4. The molecule has 2 aromatic rings. The van der Waals surface area contributed by atoms with Crippen LogP contribution in [0.4, 0.5) is 0 Å². The van der Waals surface area contributed by atoms with Crippen molar-refractivity contribution in [3.05, 3.63) is 40.3 Å². The summed E-state index contributed by atoms with van der Waals surface area (Å²) >= 11 is 0. The predicted molar refractivity (Wildman–Crippen MR) is 104 cm³/mol. The maximum Gasteiger partial charge on any atom is 0.275 e. The fourth-order valence-electron chi connectivity index (χ4n) is 5.54. The summed E-state index contributed by atoms with van der Waals surface area (Å²) in [6, 6.07) is 7.41. The Kier molecular flexibility index (Phi) is 4.14. The molecular formula is C21H27N3O3. The van der Waals surface area contributed by atoms with E-state index in [1.54, 1.807) is 13.2 Å². The average Bonchev–Trinajstić information content (AvgIpc) is 2.94. The van der Waals surface area contributed by atoms with Crippen molar-refractivity contribution in [3.8, 4) is 0 Å². The van der Waals surface area contributed by atoms with Crippen molar-refractivity contribution < 1.29 is 9.53 Å². The summed E-state index contributed by atoms with van der Waals surface area (Å²) in [4.78, 5) is 27.6. The number of rotatable bonds is 4. The van der Waals surface area contributed by atoms with Crippen LogP contribution in [0.15, 0.2) is 29.1 Å². The molecule has 2 heterocycles. The third kappa shape index (κ3) is 2.78. The van der Waals surface area contributed by atoms with Crippen LogP contribution < -0.4 is 5.56 Å². The van der Waals surface area contributed by atoms with Gasteiger partial charge in [0.25, 0.3) is 5.56 Å². The number of nitrogens with zero attached hydrogens (tertiary/aromatic N) is 3. The molecule has 1 saturated carbocycles. The maximum atomic E-state index is 13.0. The molecule has 0 unspecified atom stereocenters. The molecule has 1 aromatic heterocycles. The lowest BCUT2D eigenvalue weighted by molar-refractivity contribution is -0.131. The monoisotopic (exact) mass is 369 g/mol. The molecule has 1 aromatic carbocycles. The van der Waals surface area contributed by atoms with Crippen LogP contribution in [0.3, 0.4) is 0 Å². The standard InChI is InChI=1S/C21H27N3O3/c1-14-15-7-5-6-8-16(15)19(26)24(22-14)10-18(25)23-9-17-20(2,3)11-21(17,12-23)13-27-4/h5-8,17H,9-13H2,1-4H3/t17-,21-/m1/s1. The zero-order chi connectivity index (χ0) is 19.4. The minimum absolute atomic E-state index is 0.0132. The first-order valence-electron chi connectivity index (χ1n) is 9.51. The molecule has 1 aliphatic heterocycles. The molecule has 1 amide bonds. The number of carbonyl (C=O) groups excluding carboxylic acids is 1. The number of ether oxygens (including phenoxy) is 1. The van der Waals surface area contributed by atoms with Gasteiger partial charge in [-0.05, 0) is 30.7 Å². The molecule has 144 valence electrons. The number of carbonyl (C=O) groups is 1. The highest BCUT2D eigenvalue weighted by atomic mass is 16.5. The Hall–Kier alpha value is -2.21. The Morgan fingerprint density at radius 2 is 2.00 bits per heavy atom. The largest absolute Gasteiger partial charge is 0.384 e. The van der Waals surface area contributed by atoms with Gasteiger partial charge in [-0.2, -0.15) is 5.10 Å². The van der Waals surface area contributed by atoms with Crippen LogP contribution in [0.2, 0.25) is 0 Å². The van der Waals surface area contributed by atoms with E-state index in [1.807, 2.05) is 30.0 Å². The number of methoxy groups -OCH3 is 1. The van der Waals surface area contributed by atoms with E-state index < -0.39 is 0 Å². The maximum absolute atomic E-state index is 13.0. The number of benzene rings is 1. The summed E-state index contributed by atoms with van der Waals surface area (Å²) in [6.07, 6.45) is 1.07. The van der Waals surface area contributed by atoms with Crippen molar-refractivity contribution in [2.45, 2.75) is 33.7 Å². The van der Waals surface area contributed by atoms with Gasteiger partial charge in [0.1, 0.15) is 6.54 Å². The highest BCUT2D eigenvalue weighted by molar-refractivity contribution is 5.83. The molecule has 0 bridgehead atoms. The number of likely N-dealkylation sites (tertiary alicyclic amines) is 1. The number of fused-ring (bicyclic) bond motifs is 2. The highest BCUT2D eigenvalue weighted by Crippen LogP contribution is 2.62. The van der Waals surface area contributed by atoms with Crippen molar-refractivity contribution in [1.82, 2.24) is 14.7 Å². The molecule has 0 radical (unpaired) electrons. The molecule has 0 spiro atoms. The molecule has 1 saturated heterocycles. The van der Waals surface area contributed by atoms with Crippen LogP contribution in [0, 0.1) is 23.7 Å². The minimum Gasteiger partial charge on any atom is -0.384 e. The van der Waals surface area contributed by atoms with Crippen molar-refractivity contribution in [1.29, 1.82) is 0 Å². The first-order chi connectivity index (χ1) is 12.8. The summed E-state index contributed by atoms with van der Waals surface area (Å²) in [5.74, 6) is 0.400. The molecule has 6 heteroatoms. The van der Waals surface area contributed by atoms with Gasteiger partial charge in [-0.15, -0.1) is 0 Å². The first kappa shape index (κ1) is 18.2. The number of aromatic nitrogens is 2. The minimum atomic E-state index is -0.210. The van der Waals surface area contributed by atoms with Gasteiger partial charge < -0.3 is 9.64 Å². The second-order valence-corrected chi connectivity index (χ2v) is 8.88. The van der Waals surface area contributed by atoms with Gasteiger partial charge in [0, 0.05) is 31.0 Å². The average molecular weight is 369 g/mol. The molecule has 6 nitrogen and oxygen atoms in total. The second-order valence-electron chi connectivity index (χ2n) is 8.88. The van der Waals surface area contributed by atoms with Crippen molar-refractivity contribution >= 4 is 16.7 Å². The smallest absolute Gasteiger partial charge is 0.275 e. The van der Waals surface area contributed by atoms with E-state index in [-0.39, 0.29) is 28.8 Å². The predicted octanol–water partition coefficient (Wildman–Crippen LogP) is 2.23. The lowest BCUT2D eigenvalue weighted by atomic mass is 9.48. The fraction of sp³-hybridized carbons (Fsp3) is 0.571. The lowest BCUT2D eigenvalue weighted by Gasteiger charge is -2.56. The summed E-state index contributed by atoms with van der Waals surface area (Å²) in [5.41, 5.74) is 0.837. The Balaban J connectivity index is 1.58. The van der Waals surface area contributed by atoms with E-state index in [9.17, 15) is 9.59 Å². The van der Waals surface area contributed by atoms with Crippen molar-refractivity contribution in [2.75, 3.05) is 26.8 Å². The van der Waals surface area contributed by atoms with E-state index in [0.717, 1.165) is 24.0 Å². The Bertz CT molecular complexity index is 965. The first-order valence-corrected chi connectivity index (χ1v) is 9.51. The van der Waals surface area contributed by atoms with Crippen molar-refractivity contribution in [3.63, 3.8) is 0 Å². The zero-order valence-electron chi connectivity index (χ0n) is 16.5. The van der Waals surface area contributed by atoms with Crippen LogP contribution in [-0.4, -0.2) is 47.4 Å². The van der Waals surface area contributed by atoms with Crippen LogP contribution in [0.5, 0.6) is 0 Å². The van der Waals surface area contributed by atoms with Gasteiger partial charge >= 0.3 is 0 Å². The SMILES string of the molecule is COC[C@@]12CN(C(=O)Cn3nc(C)c4ccccc4c3=O)C[C@@H]1C(C)(C)C2. The lowest BCUT2D eigenvalue weighted by Crippen LogP contribution is -2.55. The summed E-state index contributed by atoms with van der Waals surface area (Å²) < 4.78 is 6.78. The molecule has 4 rings (SSSR count). The second kappa shape index (κ2) is 6.16. The van der Waals surface area contributed by atoms with E-state index >= 15 is 0 Å². The fourth-order valence-corrected chi connectivity index (χ4v) is 5.54. The van der Waals surface area contributed by atoms with Crippen LogP contribution in [0.1, 0.15) is 26.0 Å². The van der Waals surface area contributed by atoms with Gasteiger partial charge in [-0.3, -0.25) is 9.59 Å². The Morgan fingerprint density at radius 3 is 2.67 bits per heavy atom.